The van der Waals surface area contributed by atoms with Crippen molar-refractivity contribution in [3.05, 3.63) is 60.3 Å². The van der Waals surface area contributed by atoms with Gasteiger partial charge < -0.3 is 18.8 Å². The van der Waals surface area contributed by atoms with Crippen LogP contribution in [0.4, 0.5) is 0 Å². The summed E-state index contributed by atoms with van der Waals surface area (Å²) in [5, 5.41) is 14.2. The van der Waals surface area contributed by atoms with E-state index in [4.69, 9.17) is 9.15 Å². The van der Waals surface area contributed by atoms with Crippen LogP contribution in [0.15, 0.2) is 64.6 Å². The van der Waals surface area contributed by atoms with E-state index >= 15 is 0 Å². The van der Waals surface area contributed by atoms with Gasteiger partial charge in [0, 0.05) is 24.3 Å². The standard InChI is InChI=1S/C23H24N4O3/c28-25-20-15-23(21-13-17-5-4-10-27(17)16-24-21)30-22-7-6-18(14-19(20)22)29-12-11-26-8-2-1-3-9-26/h4-7,10,13-16,28H,1-3,8-9,11-12H2/b25-20+. The number of rotatable bonds is 5. The molecule has 0 radical (unpaired) electrons. The van der Waals surface area contributed by atoms with Crippen molar-refractivity contribution in [1.82, 2.24) is 14.3 Å². The lowest BCUT2D eigenvalue weighted by molar-refractivity contribution is 0.183. The van der Waals surface area contributed by atoms with Crippen LogP contribution in [0.1, 0.15) is 19.3 Å². The molecule has 0 atom stereocenters. The van der Waals surface area contributed by atoms with E-state index in [9.17, 15) is 5.21 Å². The van der Waals surface area contributed by atoms with Crippen molar-refractivity contribution in [2.45, 2.75) is 19.3 Å². The minimum Gasteiger partial charge on any atom is -0.492 e. The third-order valence-corrected chi connectivity index (χ3v) is 5.62. The van der Waals surface area contributed by atoms with Crippen LogP contribution in [0.3, 0.4) is 0 Å². The normalized spacial score (nSPS) is 15.8. The van der Waals surface area contributed by atoms with Gasteiger partial charge in [0.05, 0.1) is 11.7 Å². The van der Waals surface area contributed by atoms with Gasteiger partial charge in [-0.2, -0.15) is 0 Å². The molecule has 30 heavy (non-hydrogen) atoms. The Hall–Kier alpha value is -3.32. The first kappa shape index (κ1) is 18.7. The molecule has 0 aliphatic carbocycles. The predicted molar refractivity (Wildman–Crippen MR) is 114 cm³/mol. The summed E-state index contributed by atoms with van der Waals surface area (Å²) >= 11 is 0. The van der Waals surface area contributed by atoms with Crippen LogP contribution in [0.2, 0.25) is 0 Å². The van der Waals surface area contributed by atoms with Crippen LogP contribution in [-0.4, -0.2) is 45.7 Å². The Morgan fingerprint density at radius 2 is 2.00 bits per heavy atom. The smallest absolute Gasteiger partial charge is 0.155 e. The average molecular weight is 404 g/mol. The molecule has 1 aliphatic heterocycles. The maximum Gasteiger partial charge on any atom is 0.155 e. The summed E-state index contributed by atoms with van der Waals surface area (Å²) in [6, 6.07) is 13.2. The first-order valence-electron chi connectivity index (χ1n) is 10.3. The van der Waals surface area contributed by atoms with Crippen LogP contribution in [0, 0.1) is 0 Å². The maximum atomic E-state index is 9.59. The summed E-state index contributed by atoms with van der Waals surface area (Å²) in [5.74, 6) is 1.28. The Morgan fingerprint density at radius 3 is 2.87 bits per heavy atom. The van der Waals surface area contributed by atoms with Crippen molar-refractivity contribution in [1.29, 1.82) is 0 Å². The first-order valence-corrected chi connectivity index (χ1v) is 10.3. The minimum absolute atomic E-state index is 0.421. The number of hydrogen-bond donors (Lipinski definition) is 1. The fourth-order valence-electron chi connectivity index (χ4n) is 3.99. The van der Waals surface area contributed by atoms with Gasteiger partial charge in [0.25, 0.3) is 0 Å². The Balaban J connectivity index is 1.40. The van der Waals surface area contributed by atoms with Crippen molar-refractivity contribution >= 4 is 16.5 Å². The number of nitrogens with zero attached hydrogens (tertiary/aromatic N) is 4. The highest BCUT2D eigenvalue weighted by Gasteiger charge is 2.11. The summed E-state index contributed by atoms with van der Waals surface area (Å²) < 4.78 is 13.9. The first-order chi connectivity index (χ1) is 14.8. The molecule has 0 bridgehead atoms. The molecule has 1 aliphatic rings. The predicted octanol–water partition coefficient (Wildman–Crippen LogP) is 3.90. The minimum atomic E-state index is 0.421. The SMILES string of the molecule is O/N=c1\cc(-c2cc3cccn3cn2)oc2ccc(OCCN3CCCCC3)cc12. The Labute approximate surface area is 173 Å². The van der Waals surface area contributed by atoms with E-state index < -0.39 is 0 Å². The molecule has 1 fully saturated rings. The van der Waals surface area contributed by atoms with Gasteiger partial charge in [-0.15, -0.1) is 0 Å². The van der Waals surface area contributed by atoms with Gasteiger partial charge in [0.2, 0.25) is 0 Å². The van der Waals surface area contributed by atoms with E-state index in [-0.39, 0.29) is 0 Å². The monoisotopic (exact) mass is 404 g/mol. The van der Waals surface area contributed by atoms with Crippen molar-refractivity contribution in [2.24, 2.45) is 5.16 Å². The van der Waals surface area contributed by atoms with Gasteiger partial charge in [-0.1, -0.05) is 11.6 Å². The third kappa shape index (κ3) is 3.76. The zero-order valence-corrected chi connectivity index (χ0v) is 16.7. The maximum absolute atomic E-state index is 9.59. The largest absolute Gasteiger partial charge is 0.492 e. The highest BCUT2D eigenvalue weighted by atomic mass is 16.5. The Kier molecular flexibility index (Phi) is 5.11. The molecular formula is C23H24N4O3. The number of fused-ring (bicyclic) bond motifs is 2. The lowest BCUT2D eigenvalue weighted by Crippen LogP contribution is -2.33. The molecule has 0 amide bonds. The Bertz CT molecular complexity index is 1240. The number of ether oxygens (including phenoxy) is 1. The molecule has 5 rings (SSSR count). The van der Waals surface area contributed by atoms with Gasteiger partial charge >= 0.3 is 0 Å². The molecule has 0 unspecified atom stereocenters. The van der Waals surface area contributed by atoms with Crippen molar-refractivity contribution in [3.63, 3.8) is 0 Å². The number of likely N-dealkylation sites (tertiary alicyclic amines) is 1. The molecule has 0 saturated carbocycles. The highest BCUT2D eigenvalue weighted by Crippen LogP contribution is 2.24. The van der Waals surface area contributed by atoms with Gasteiger partial charge in [0.15, 0.2) is 5.76 Å². The van der Waals surface area contributed by atoms with Crippen LogP contribution >= 0.6 is 0 Å². The van der Waals surface area contributed by atoms with E-state index in [0.29, 0.717) is 34.4 Å². The van der Waals surface area contributed by atoms with E-state index in [1.54, 1.807) is 12.4 Å². The lowest BCUT2D eigenvalue weighted by atomic mass is 10.1. The summed E-state index contributed by atoms with van der Waals surface area (Å²) in [6.45, 7) is 3.86. The molecule has 154 valence electrons. The second-order valence-corrected chi connectivity index (χ2v) is 7.62. The average Bonchev–Trinajstić information content (AvgIpc) is 3.27. The highest BCUT2D eigenvalue weighted by molar-refractivity contribution is 5.80. The summed E-state index contributed by atoms with van der Waals surface area (Å²) in [6.07, 6.45) is 7.54. The molecule has 4 heterocycles. The van der Waals surface area contributed by atoms with Crippen molar-refractivity contribution in [2.75, 3.05) is 26.2 Å². The molecule has 1 aromatic carbocycles. The fourth-order valence-corrected chi connectivity index (χ4v) is 3.99. The van der Waals surface area contributed by atoms with Crippen LogP contribution in [-0.2, 0) is 0 Å². The second kappa shape index (κ2) is 8.20. The summed E-state index contributed by atoms with van der Waals surface area (Å²) in [4.78, 5) is 6.89. The van der Waals surface area contributed by atoms with E-state index in [2.05, 4.69) is 15.0 Å². The molecular weight excluding hydrogens is 380 g/mol. The summed E-state index contributed by atoms with van der Waals surface area (Å²) in [7, 11) is 0. The van der Waals surface area contributed by atoms with Crippen LogP contribution in [0.5, 0.6) is 5.75 Å². The molecule has 7 heteroatoms. The van der Waals surface area contributed by atoms with Gasteiger partial charge in [-0.3, -0.25) is 4.90 Å². The number of benzene rings is 1. The van der Waals surface area contributed by atoms with Crippen LogP contribution < -0.4 is 10.1 Å². The van der Waals surface area contributed by atoms with E-state index in [1.165, 1.54) is 19.3 Å². The molecule has 1 N–H and O–H groups in total. The fraction of sp³-hybridized carbons (Fsp3) is 0.304. The number of piperidine rings is 1. The lowest BCUT2D eigenvalue weighted by Gasteiger charge is -2.26. The zero-order chi connectivity index (χ0) is 20.3. The molecule has 0 spiro atoms. The molecule has 4 aromatic rings. The Morgan fingerprint density at radius 1 is 1.10 bits per heavy atom. The van der Waals surface area contributed by atoms with Crippen LogP contribution in [0.25, 0.3) is 27.9 Å². The molecule has 7 nitrogen and oxygen atoms in total. The topological polar surface area (TPSA) is 75.5 Å². The third-order valence-electron chi connectivity index (χ3n) is 5.62. The van der Waals surface area contributed by atoms with E-state index in [1.807, 2.05) is 47.0 Å². The second-order valence-electron chi connectivity index (χ2n) is 7.62. The molecule has 3 aromatic heterocycles. The number of aromatic nitrogens is 2. The molecule has 1 saturated heterocycles. The van der Waals surface area contributed by atoms with Gasteiger partial charge in [-0.05, 0) is 62.3 Å². The zero-order valence-electron chi connectivity index (χ0n) is 16.7. The van der Waals surface area contributed by atoms with Crippen molar-refractivity contribution < 1.29 is 14.4 Å². The number of hydrogen-bond acceptors (Lipinski definition) is 6. The van der Waals surface area contributed by atoms with E-state index in [0.717, 1.165) is 30.9 Å². The summed E-state index contributed by atoms with van der Waals surface area (Å²) in [5.41, 5.74) is 2.30. The quantitative estimate of drug-likeness (QED) is 0.403. The van der Waals surface area contributed by atoms with Gasteiger partial charge in [0.1, 0.15) is 29.0 Å². The van der Waals surface area contributed by atoms with Gasteiger partial charge in [-0.25, -0.2) is 4.98 Å². The van der Waals surface area contributed by atoms with Crippen molar-refractivity contribution in [3.8, 4) is 17.2 Å².